The quantitative estimate of drug-likeness (QED) is 0.678. The molecule has 1 aromatic carbocycles. The van der Waals surface area contributed by atoms with Gasteiger partial charge in [-0.15, -0.1) is 0 Å². The van der Waals surface area contributed by atoms with Crippen molar-refractivity contribution in [2.24, 2.45) is 11.8 Å². The van der Waals surface area contributed by atoms with E-state index >= 15 is 0 Å². The molecule has 31 heavy (non-hydrogen) atoms. The lowest BCUT2D eigenvalue weighted by atomic mass is 9.77. The summed E-state index contributed by atoms with van der Waals surface area (Å²) in [6.45, 7) is 4.82. The van der Waals surface area contributed by atoms with E-state index in [0.717, 1.165) is 43.6 Å². The molecule has 2 fully saturated rings. The Morgan fingerprint density at radius 1 is 1.29 bits per heavy atom. The third-order valence-electron chi connectivity index (χ3n) is 6.54. The zero-order valence-corrected chi connectivity index (χ0v) is 19.1. The lowest BCUT2D eigenvalue weighted by Crippen LogP contribution is -2.40. The molecular formula is C23H30ClFN4O2. The maximum absolute atomic E-state index is 13.5. The van der Waals surface area contributed by atoms with Gasteiger partial charge in [0.05, 0.1) is 23.4 Å². The first kappa shape index (κ1) is 22.2. The fraction of sp³-hybridized carbons (Fsp3) is 0.565. The fourth-order valence-corrected chi connectivity index (χ4v) is 5.10. The van der Waals surface area contributed by atoms with Crippen molar-refractivity contribution in [1.29, 1.82) is 0 Å². The van der Waals surface area contributed by atoms with Crippen LogP contribution in [0.1, 0.15) is 30.0 Å². The van der Waals surface area contributed by atoms with Gasteiger partial charge in [0.25, 0.3) is 0 Å². The fourth-order valence-electron chi connectivity index (χ4n) is 4.89. The maximum Gasteiger partial charge on any atom is 0.248 e. The number of ether oxygens (including phenoxy) is 1. The molecule has 1 saturated carbocycles. The zero-order valence-electron chi connectivity index (χ0n) is 18.3. The van der Waals surface area contributed by atoms with Crippen LogP contribution in [0.25, 0.3) is 0 Å². The summed E-state index contributed by atoms with van der Waals surface area (Å²) in [6.07, 6.45) is 5.74. The molecule has 1 amide bonds. The Morgan fingerprint density at radius 3 is 2.68 bits per heavy atom. The van der Waals surface area contributed by atoms with E-state index in [4.69, 9.17) is 16.3 Å². The molecule has 1 aliphatic heterocycles. The van der Waals surface area contributed by atoms with E-state index in [-0.39, 0.29) is 35.5 Å². The van der Waals surface area contributed by atoms with Crippen molar-refractivity contribution in [3.05, 3.63) is 52.6 Å². The number of likely N-dealkylation sites (tertiary alicyclic amines) is 1. The van der Waals surface area contributed by atoms with Crippen LogP contribution < -0.4 is 0 Å². The number of halogens is 2. The molecule has 1 saturated heterocycles. The Bertz CT molecular complexity index is 934. The predicted molar refractivity (Wildman–Crippen MR) is 117 cm³/mol. The average molecular weight is 449 g/mol. The summed E-state index contributed by atoms with van der Waals surface area (Å²) < 4.78 is 21.6. The number of likely N-dealkylation sites (N-methyl/N-ethyl adjacent to an activating group) is 1. The number of nitrogens with zero attached hydrogens (tertiary/aromatic N) is 4. The number of aromatic nitrogens is 2. The van der Waals surface area contributed by atoms with Gasteiger partial charge in [-0.25, -0.2) is 4.39 Å². The highest BCUT2D eigenvalue weighted by molar-refractivity contribution is 6.30. The Hall–Kier alpha value is -1.96. The van der Waals surface area contributed by atoms with Gasteiger partial charge in [0.15, 0.2) is 0 Å². The standard InChI is InChI=1S/C23H30ClFN4O2/c1-15-9-26-29(10-15)21-7-17-12-28(11-16-4-5-20(25)19(24)6-16)13-18(17)8-22(21)31-14-23(30)27(2)3/h4-6,9-10,17-18,21-22H,7-8,11-14H2,1-3H3/t17-,18+,21-,22-/m0/s1. The molecule has 6 nitrogen and oxygen atoms in total. The van der Waals surface area contributed by atoms with Crippen molar-refractivity contribution in [2.45, 2.75) is 38.5 Å². The zero-order chi connectivity index (χ0) is 22.1. The van der Waals surface area contributed by atoms with E-state index in [9.17, 15) is 9.18 Å². The highest BCUT2D eigenvalue weighted by Crippen LogP contribution is 2.42. The van der Waals surface area contributed by atoms with E-state index < -0.39 is 0 Å². The van der Waals surface area contributed by atoms with Crippen molar-refractivity contribution < 1.29 is 13.9 Å². The van der Waals surface area contributed by atoms with Crippen LogP contribution in [0.5, 0.6) is 0 Å². The first-order valence-electron chi connectivity index (χ1n) is 10.8. The third-order valence-corrected chi connectivity index (χ3v) is 6.83. The monoisotopic (exact) mass is 448 g/mol. The van der Waals surface area contributed by atoms with Crippen LogP contribution in [0.2, 0.25) is 5.02 Å². The number of fused-ring (bicyclic) bond motifs is 1. The number of carbonyl (C=O) groups excluding carboxylic acids is 1. The first-order valence-corrected chi connectivity index (χ1v) is 11.2. The molecular weight excluding hydrogens is 419 g/mol. The average Bonchev–Trinajstić information content (AvgIpc) is 3.33. The van der Waals surface area contributed by atoms with Gasteiger partial charge < -0.3 is 9.64 Å². The van der Waals surface area contributed by atoms with E-state index in [0.29, 0.717) is 11.8 Å². The molecule has 0 radical (unpaired) electrons. The van der Waals surface area contributed by atoms with Crippen molar-refractivity contribution in [3.8, 4) is 0 Å². The van der Waals surface area contributed by atoms with Crippen LogP contribution in [0, 0.1) is 24.6 Å². The number of benzene rings is 1. The Morgan fingerprint density at radius 2 is 2.03 bits per heavy atom. The van der Waals surface area contributed by atoms with E-state index in [2.05, 4.69) is 16.2 Å². The van der Waals surface area contributed by atoms with Crippen molar-refractivity contribution in [3.63, 3.8) is 0 Å². The van der Waals surface area contributed by atoms with Crippen LogP contribution in [0.4, 0.5) is 4.39 Å². The number of hydrogen-bond donors (Lipinski definition) is 0. The molecule has 0 spiro atoms. The number of hydrogen-bond acceptors (Lipinski definition) is 4. The number of aryl methyl sites for hydroxylation is 1. The van der Waals surface area contributed by atoms with Crippen molar-refractivity contribution in [2.75, 3.05) is 33.8 Å². The summed E-state index contributed by atoms with van der Waals surface area (Å²) in [6, 6.07) is 5.07. The van der Waals surface area contributed by atoms with Gasteiger partial charge in [0.2, 0.25) is 5.91 Å². The normalized spacial score (nSPS) is 26.1. The van der Waals surface area contributed by atoms with Crippen LogP contribution in [-0.4, -0.2) is 65.4 Å². The summed E-state index contributed by atoms with van der Waals surface area (Å²) in [7, 11) is 3.49. The second-order valence-corrected chi connectivity index (χ2v) is 9.54. The molecule has 2 aliphatic rings. The second-order valence-electron chi connectivity index (χ2n) is 9.14. The molecule has 2 heterocycles. The molecule has 2 aromatic rings. The largest absolute Gasteiger partial charge is 0.366 e. The summed E-state index contributed by atoms with van der Waals surface area (Å²) in [5.41, 5.74) is 2.14. The maximum atomic E-state index is 13.5. The lowest BCUT2D eigenvalue weighted by molar-refractivity contribution is -0.138. The van der Waals surface area contributed by atoms with Gasteiger partial charge in [-0.05, 0) is 54.9 Å². The summed E-state index contributed by atoms with van der Waals surface area (Å²) >= 11 is 5.96. The number of amides is 1. The Labute approximate surface area is 187 Å². The Kier molecular flexibility index (Phi) is 6.65. The molecule has 1 aliphatic carbocycles. The molecule has 0 unspecified atom stereocenters. The summed E-state index contributed by atoms with van der Waals surface area (Å²) in [4.78, 5) is 16.1. The molecule has 168 valence electrons. The topological polar surface area (TPSA) is 50.6 Å². The molecule has 0 N–H and O–H groups in total. The smallest absolute Gasteiger partial charge is 0.248 e. The van der Waals surface area contributed by atoms with E-state index in [1.54, 1.807) is 31.1 Å². The van der Waals surface area contributed by atoms with Gasteiger partial charge >= 0.3 is 0 Å². The SMILES string of the molecule is Cc1cnn([C@H]2C[C@H]3CN(Cc4ccc(F)c(Cl)c4)C[C@H]3C[C@@H]2OCC(=O)N(C)C)c1. The minimum absolute atomic E-state index is 0.0289. The van der Waals surface area contributed by atoms with E-state index in [1.807, 2.05) is 17.8 Å². The van der Waals surface area contributed by atoms with Crippen LogP contribution in [-0.2, 0) is 16.1 Å². The molecule has 4 rings (SSSR count). The van der Waals surface area contributed by atoms with Gasteiger partial charge in [-0.1, -0.05) is 17.7 Å². The third kappa shape index (κ3) is 5.10. The van der Waals surface area contributed by atoms with Gasteiger partial charge in [-0.2, -0.15) is 5.10 Å². The predicted octanol–water partition coefficient (Wildman–Crippen LogP) is 3.54. The first-order chi connectivity index (χ1) is 14.8. The highest BCUT2D eigenvalue weighted by Gasteiger charge is 2.43. The van der Waals surface area contributed by atoms with Crippen LogP contribution in [0.3, 0.4) is 0 Å². The lowest BCUT2D eigenvalue weighted by Gasteiger charge is -2.38. The molecule has 8 heteroatoms. The van der Waals surface area contributed by atoms with Crippen molar-refractivity contribution in [1.82, 2.24) is 19.6 Å². The number of rotatable bonds is 6. The Balaban J connectivity index is 1.46. The van der Waals surface area contributed by atoms with Gasteiger partial charge in [0.1, 0.15) is 12.4 Å². The van der Waals surface area contributed by atoms with Crippen molar-refractivity contribution >= 4 is 17.5 Å². The second kappa shape index (κ2) is 9.27. The molecule has 0 bridgehead atoms. The molecule has 1 aromatic heterocycles. The minimum atomic E-state index is -0.384. The minimum Gasteiger partial charge on any atom is -0.366 e. The van der Waals surface area contributed by atoms with Crippen LogP contribution in [0.15, 0.2) is 30.6 Å². The molecule has 4 atom stereocenters. The summed E-state index contributed by atoms with van der Waals surface area (Å²) in [5.74, 6) is 0.627. The summed E-state index contributed by atoms with van der Waals surface area (Å²) in [5, 5.41) is 4.72. The van der Waals surface area contributed by atoms with Gasteiger partial charge in [0, 0.05) is 39.9 Å². The highest BCUT2D eigenvalue weighted by atomic mass is 35.5. The van der Waals surface area contributed by atoms with E-state index in [1.165, 1.54) is 6.07 Å². The van der Waals surface area contributed by atoms with Crippen LogP contribution >= 0.6 is 11.6 Å². The van der Waals surface area contributed by atoms with Gasteiger partial charge in [-0.3, -0.25) is 14.4 Å². The number of carbonyl (C=O) groups is 1.